The molecule has 7 nitrogen and oxygen atoms in total. The first-order valence-corrected chi connectivity index (χ1v) is 9.99. The molecule has 0 aromatic heterocycles. The minimum Gasteiger partial charge on any atom is -0.493 e. The highest BCUT2D eigenvalue weighted by Crippen LogP contribution is 2.28. The Hall–Kier alpha value is -2.28. The number of nitrogens with zero attached hydrogens (tertiary/aromatic N) is 1. The zero-order valence-corrected chi connectivity index (χ0v) is 16.7. The maximum atomic E-state index is 12.8. The zero-order chi connectivity index (χ0) is 19.9. The second-order valence-corrected chi connectivity index (χ2v) is 7.46. The molecule has 154 valence electrons. The van der Waals surface area contributed by atoms with Crippen LogP contribution in [-0.4, -0.2) is 63.3 Å². The molecule has 2 aliphatic heterocycles. The van der Waals surface area contributed by atoms with Crippen LogP contribution in [0.15, 0.2) is 18.2 Å². The van der Waals surface area contributed by atoms with Crippen LogP contribution in [0.5, 0.6) is 11.5 Å². The quantitative estimate of drug-likeness (QED) is 0.806. The number of likely N-dealkylation sites (tertiary alicyclic amines) is 1. The molecule has 0 unspecified atom stereocenters. The minimum absolute atomic E-state index is 0.0204. The Kier molecular flexibility index (Phi) is 7.14. The van der Waals surface area contributed by atoms with Gasteiger partial charge in [-0.3, -0.25) is 9.59 Å². The Bertz CT molecular complexity index is 679. The van der Waals surface area contributed by atoms with Gasteiger partial charge in [-0.15, -0.1) is 0 Å². The van der Waals surface area contributed by atoms with Crippen LogP contribution in [0.1, 0.15) is 42.5 Å². The van der Waals surface area contributed by atoms with Gasteiger partial charge < -0.3 is 24.4 Å². The van der Waals surface area contributed by atoms with Crippen LogP contribution in [0.3, 0.4) is 0 Å². The van der Waals surface area contributed by atoms with Gasteiger partial charge in [0.05, 0.1) is 14.2 Å². The van der Waals surface area contributed by atoms with E-state index in [1.165, 1.54) is 0 Å². The highest BCUT2D eigenvalue weighted by molar-refractivity contribution is 5.95. The van der Waals surface area contributed by atoms with Crippen molar-refractivity contribution in [3.63, 3.8) is 0 Å². The van der Waals surface area contributed by atoms with E-state index in [1.54, 1.807) is 32.4 Å². The molecule has 28 heavy (non-hydrogen) atoms. The molecule has 0 radical (unpaired) electrons. The SMILES string of the molecule is COc1ccc(C(=O)N2CCC(NC(=O)CC3CCOCC3)CC2)cc1OC. The molecule has 2 saturated heterocycles. The Morgan fingerprint density at radius 1 is 1.07 bits per heavy atom. The molecular formula is C21H30N2O5. The van der Waals surface area contributed by atoms with Crippen molar-refractivity contribution >= 4 is 11.8 Å². The number of nitrogens with one attached hydrogen (secondary N) is 1. The highest BCUT2D eigenvalue weighted by Gasteiger charge is 2.26. The van der Waals surface area contributed by atoms with Crippen LogP contribution in [0.25, 0.3) is 0 Å². The lowest BCUT2D eigenvalue weighted by atomic mass is 9.95. The number of rotatable bonds is 6. The van der Waals surface area contributed by atoms with Crippen molar-refractivity contribution in [2.75, 3.05) is 40.5 Å². The van der Waals surface area contributed by atoms with Crippen LogP contribution >= 0.6 is 0 Å². The van der Waals surface area contributed by atoms with Gasteiger partial charge in [0.1, 0.15) is 0 Å². The summed E-state index contributed by atoms with van der Waals surface area (Å²) in [5.41, 5.74) is 0.583. The van der Waals surface area contributed by atoms with Gasteiger partial charge in [0.25, 0.3) is 5.91 Å². The Balaban J connectivity index is 1.48. The van der Waals surface area contributed by atoms with E-state index in [2.05, 4.69) is 5.32 Å². The van der Waals surface area contributed by atoms with Gasteiger partial charge in [0.15, 0.2) is 11.5 Å². The maximum Gasteiger partial charge on any atom is 0.253 e. The van der Waals surface area contributed by atoms with Crippen LogP contribution in [0.4, 0.5) is 0 Å². The Morgan fingerprint density at radius 2 is 1.75 bits per heavy atom. The van der Waals surface area contributed by atoms with Crippen molar-refractivity contribution in [1.29, 1.82) is 0 Å². The number of piperidine rings is 1. The zero-order valence-electron chi connectivity index (χ0n) is 16.7. The van der Waals surface area contributed by atoms with Crippen molar-refractivity contribution in [3.8, 4) is 11.5 Å². The van der Waals surface area contributed by atoms with E-state index >= 15 is 0 Å². The lowest BCUT2D eigenvalue weighted by molar-refractivity contribution is -0.123. The number of carbonyl (C=O) groups is 2. The Morgan fingerprint density at radius 3 is 2.39 bits per heavy atom. The summed E-state index contributed by atoms with van der Waals surface area (Å²) in [6, 6.07) is 5.35. The van der Waals surface area contributed by atoms with E-state index in [-0.39, 0.29) is 17.9 Å². The molecule has 0 bridgehead atoms. The summed E-state index contributed by atoms with van der Waals surface area (Å²) in [5.74, 6) is 1.68. The summed E-state index contributed by atoms with van der Waals surface area (Å²) >= 11 is 0. The average molecular weight is 390 g/mol. The highest BCUT2D eigenvalue weighted by atomic mass is 16.5. The van der Waals surface area contributed by atoms with E-state index in [0.29, 0.717) is 42.5 Å². The Labute approximate surface area is 166 Å². The molecule has 0 atom stereocenters. The second kappa shape index (κ2) is 9.78. The molecule has 0 aliphatic carbocycles. The van der Waals surface area contributed by atoms with Gasteiger partial charge >= 0.3 is 0 Å². The molecule has 1 aromatic rings. The topological polar surface area (TPSA) is 77.1 Å². The van der Waals surface area contributed by atoms with E-state index < -0.39 is 0 Å². The van der Waals surface area contributed by atoms with Crippen LogP contribution in [0, 0.1) is 5.92 Å². The maximum absolute atomic E-state index is 12.8. The van der Waals surface area contributed by atoms with Crippen molar-refractivity contribution in [2.24, 2.45) is 5.92 Å². The van der Waals surface area contributed by atoms with Crippen molar-refractivity contribution in [2.45, 2.75) is 38.1 Å². The molecule has 0 saturated carbocycles. The fourth-order valence-electron chi connectivity index (χ4n) is 3.88. The minimum atomic E-state index is -0.0204. The van der Waals surface area contributed by atoms with E-state index in [0.717, 1.165) is 38.9 Å². The fourth-order valence-corrected chi connectivity index (χ4v) is 3.88. The molecule has 2 fully saturated rings. The average Bonchev–Trinajstić information content (AvgIpc) is 2.74. The van der Waals surface area contributed by atoms with Crippen molar-refractivity contribution in [3.05, 3.63) is 23.8 Å². The largest absolute Gasteiger partial charge is 0.493 e. The molecule has 2 amide bonds. The first kappa shape index (κ1) is 20.5. The molecule has 1 aromatic carbocycles. The van der Waals surface area contributed by atoms with E-state index in [1.807, 2.05) is 4.90 Å². The molecule has 0 spiro atoms. The van der Waals surface area contributed by atoms with Crippen molar-refractivity contribution in [1.82, 2.24) is 10.2 Å². The number of hydrogen-bond acceptors (Lipinski definition) is 5. The van der Waals surface area contributed by atoms with Crippen LogP contribution < -0.4 is 14.8 Å². The summed E-state index contributed by atoms with van der Waals surface area (Å²) in [4.78, 5) is 26.9. The van der Waals surface area contributed by atoms with Gasteiger partial charge in [-0.05, 0) is 49.8 Å². The monoisotopic (exact) mass is 390 g/mol. The first-order valence-electron chi connectivity index (χ1n) is 9.99. The number of hydrogen-bond donors (Lipinski definition) is 1. The predicted octanol–water partition coefficient (Wildman–Crippen LogP) is 2.24. The third-order valence-electron chi connectivity index (χ3n) is 5.59. The molecule has 7 heteroatoms. The standard InChI is InChI=1S/C21H30N2O5/c1-26-18-4-3-16(14-19(18)27-2)21(25)23-9-5-17(6-10-23)22-20(24)13-15-7-11-28-12-8-15/h3-4,14-15,17H,5-13H2,1-2H3,(H,22,24). The molecular weight excluding hydrogens is 360 g/mol. The lowest BCUT2D eigenvalue weighted by Crippen LogP contribution is -2.46. The number of amides is 2. The third-order valence-corrected chi connectivity index (χ3v) is 5.59. The summed E-state index contributed by atoms with van der Waals surface area (Å²) in [7, 11) is 3.13. The molecule has 2 aliphatic rings. The van der Waals surface area contributed by atoms with Gasteiger partial charge in [0.2, 0.25) is 5.91 Å². The van der Waals surface area contributed by atoms with Gasteiger partial charge in [-0.25, -0.2) is 0 Å². The smallest absolute Gasteiger partial charge is 0.253 e. The summed E-state index contributed by atoms with van der Waals surface area (Å²) < 4.78 is 15.9. The van der Waals surface area contributed by atoms with E-state index in [4.69, 9.17) is 14.2 Å². The van der Waals surface area contributed by atoms with E-state index in [9.17, 15) is 9.59 Å². The lowest BCUT2D eigenvalue weighted by Gasteiger charge is -2.33. The normalized spacial score (nSPS) is 18.6. The number of ether oxygens (including phenoxy) is 3. The molecule has 2 heterocycles. The molecule has 3 rings (SSSR count). The number of carbonyl (C=O) groups excluding carboxylic acids is 2. The predicted molar refractivity (Wildman–Crippen MR) is 105 cm³/mol. The van der Waals surface area contributed by atoms with Gasteiger partial charge in [-0.2, -0.15) is 0 Å². The molecule has 1 N–H and O–H groups in total. The summed E-state index contributed by atoms with van der Waals surface area (Å²) in [6.45, 7) is 2.79. The first-order chi connectivity index (χ1) is 13.6. The fraction of sp³-hybridized carbons (Fsp3) is 0.619. The third kappa shape index (κ3) is 5.16. The van der Waals surface area contributed by atoms with Crippen LogP contribution in [0.2, 0.25) is 0 Å². The summed E-state index contributed by atoms with van der Waals surface area (Å²) in [6.07, 6.45) is 4.06. The number of benzene rings is 1. The van der Waals surface area contributed by atoms with Crippen LogP contribution in [-0.2, 0) is 9.53 Å². The van der Waals surface area contributed by atoms with Gasteiger partial charge in [-0.1, -0.05) is 0 Å². The number of methoxy groups -OCH3 is 2. The van der Waals surface area contributed by atoms with Gasteiger partial charge in [0, 0.05) is 44.3 Å². The second-order valence-electron chi connectivity index (χ2n) is 7.46. The van der Waals surface area contributed by atoms with Crippen molar-refractivity contribution < 1.29 is 23.8 Å². The summed E-state index contributed by atoms with van der Waals surface area (Å²) in [5, 5.41) is 3.14.